The third kappa shape index (κ3) is 10.9. The molecule has 4 heterocycles. The van der Waals surface area contributed by atoms with E-state index >= 15 is 0 Å². The van der Waals surface area contributed by atoms with Crippen LogP contribution >= 0.6 is 0 Å². The van der Waals surface area contributed by atoms with Crippen LogP contribution in [0.1, 0.15) is 98.3 Å². The molecule has 4 fully saturated rings. The minimum atomic E-state index is -4.65. The molecule has 17 nitrogen and oxygen atoms in total. The summed E-state index contributed by atoms with van der Waals surface area (Å²) in [6.07, 6.45) is 7.34. The zero-order chi connectivity index (χ0) is 52.8. The number of ether oxygens (including phenoxy) is 2. The number of carbonyl (C=O) groups is 1. The summed E-state index contributed by atoms with van der Waals surface area (Å²) in [5, 5.41) is 29.1. The molecule has 6 aromatic rings. The molecule has 10 rings (SSSR count). The van der Waals surface area contributed by atoms with Crippen molar-refractivity contribution in [2.24, 2.45) is 11.3 Å². The highest BCUT2D eigenvalue weighted by Gasteiger charge is 2.55. The summed E-state index contributed by atoms with van der Waals surface area (Å²) in [6, 6.07) is 25.7. The van der Waals surface area contributed by atoms with Gasteiger partial charge in [0, 0.05) is 94.4 Å². The number of methoxy groups -OCH3 is 1. The van der Waals surface area contributed by atoms with Gasteiger partial charge in [0.2, 0.25) is 0 Å². The molecule has 2 aliphatic carbocycles. The predicted molar refractivity (Wildman–Crippen MR) is 287 cm³/mol. The van der Waals surface area contributed by atoms with Crippen LogP contribution in [0.15, 0.2) is 102 Å². The van der Waals surface area contributed by atoms with Gasteiger partial charge in [-0.2, -0.15) is 0 Å². The summed E-state index contributed by atoms with van der Waals surface area (Å²) in [5.74, 6) is -0.0600. The number of amides is 1. The third-order valence-corrected chi connectivity index (χ3v) is 17.3. The molecule has 396 valence electrons. The maximum atomic E-state index is 14.7. The maximum absolute atomic E-state index is 14.7. The quantitative estimate of drug-likeness (QED) is 0.0426. The molecule has 75 heavy (non-hydrogen) atoms. The van der Waals surface area contributed by atoms with Crippen molar-refractivity contribution in [1.29, 1.82) is 0 Å². The summed E-state index contributed by atoms with van der Waals surface area (Å²) in [6.45, 7) is 11.9. The Bertz CT molecular complexity index is 3220. The van der Waals surface area contributed by atoms with Crippen LogP contribution in [0.25, 0.3) is 11.0 Å². The lowest BCUT2D eigenvalue weighted by Gasteiger charge is -2.63. The van der Waals surface area contributed by atoms with E-state index in [0.717, 1.165) is 88.1 Å². The molecular formula is C56H66FN9O8S. The maximum Gasteiger partial charge on any atom is 0.293 e. The van der Waals surface area contributed by atoms with Gasteiger partial charge < -0.3 is 35.1 Å². The smallest absolute Gasteiger partial charge is 0.293 e. The van der Waals surface area contributed by atoms with E-state index < -0.39 is 42.9 Å². The number of hydrogen-bond donors (Lipinski definition) is 5. The second-order valence-corrected chi connectivity index (χ2v) is 23.3. The number of aromatic nitrogens is 2. The number of anilines is 3. The number of hydrogen-bond acceptors (Lipinski definition) is 14. The van der Waals surface area contributed by atoms with E-state index in [1.54, 1.807) is 26.2 Å². The van der Waals surface area contributed by atoms with Crippen molar-refractivity contribution in [1.82, 2.24) is 24.5 Å². The van der Waals surface area contributed by atoms with E-state index in [-0.39, 0.29) is 45.5 Å². The molecule has 1 amide bonds. The largest absolute Gasteiger partial charge is 0.495 e. The minimum absolute atomic E-state index is 0.0143. The van der Waals surface area contributed by atoms with E-state index in [1.807, 2.05) is 7.05 Å². The monoisotopic (exact) mass is 1040 g/mol. The van der Waals surface area contributed by atoms with Crippen LogP contribution in [-0.4, -0.2) is 109 Å². The lowest BCUT2D eigenvalue weighted by Crippen LogP contribution is -2.68. The first-order valence-corrected chi connectivity index (χ1v) is 27.3. The Morgan fingerprint density at radius 3 is 2.49 bits per heavy atom. The fourth-order valence-corrected chi connectivity index (χ4v) is 12.8. The van der Waals surface area contributed by atoms with E-state index in [4.69, 9.17) is 9.47 Å². The van der Waals surface area contributed by atoms with Gasteiger partial charge in [-0.05, 0) is 116 Å². The first kappa shape index (κ1) is 51.7. The second kappa shape index (κ2) is 20.7. The molecule has 0 unspecified atom stereocenters. The number of halogens is 1. The molecule has 0 bridgehead atoms. The average Bonchev–Trinajstić information content (AvgIpc) is 3.75. The normalized spacial score (nSPS) is 21.1. The van der Waals surface area contributed by atoms with Gasteiger partial charge in [0.15, 0.2) is 0 Å². The van der Waals surface area contributed by atoms with E-state index in [1.165, 1.54) is 53.3 Å². The second-order valence-electron chi connectivity index (χ2n) is 21.7. The van der Waals surface area contributed by atoms with Crippen LogP contribution in [0, 0.1) is 27.3 Å². The Labute approximate surface area is 437 Å². The number of rotatable bonds is 17. The van der Waals surface area contributed by atoms with E-state index in [0.29, 0.717) is 37.0 Å². The van der Waals surface area contributed by atoms with Gasteiger partial charge in [0.25, 0.3) is 21.6 Å². The van der Waals surface area contributed by atoms with Crippen molar-refractivity contribution < 1.29 is 37.1 Å². The van der Waals surface area contributed by atoms with Crippen LogP contribution in [0.3, 0.4) is 0 Å². The minimum Gasteiger partial charge on any atom is -0.495 e. The fraction of sp³-hybridized carbons (Fsp3) is 0.429. The molecule has 19 heteroatoms. The van der Waals surface area contributed by atoms with Crippen molar-refractivity contribution >= 4 is 49.7 Å². The molecule has 2 saturated carbocycles. The van der Waals surface area contributed by atoms with Crippen LogP contribution in [0.2, 0.25) is 0 Å². The fourth-order valence-electron chi connectivity index (χ4n) is 11.8. The Hall–Kier alpha value is -6.80. The molecule has 5 N–H and O–H groups in total. The SMILES string of the molecule is CNc1ccc(CN2CCN(C3CC4(C3)CN(c3ccc(C(=O)NS(=O)(=O)c5ccc(NCC6CCC(C)(O)CC6)c([N+](=O)[O-])c5)c(Oc5cnc6[nH]cc(F)c6c5)c3)C4)[C@H](c3ccccc3C(C)C)C2)cc1OC. The number of aliphatic hydroxyl groups is 1. The molecule has 4 aliphatic rings. The van der Waals surface area contributed by atoms with Crippen molar-refractivity contribution in [3.63, 3.8) is 0 Å². The van der Waals surface area contributed by atoms with Gasteiger partial charge in [-0.3, -0.25) is 24.7 Å². The average molecular weight is 1040 g/mol. The Morgan fingerprint density at radius 1 is 1.00 bits per heavy atom. The van der Waals surface area contributed by atoms with Crippen molar-refractivity contribution in [2.75, 3.05) is 69.0 Å². The van der Waals surface area contributed by atoms with Crippen molar-refractivity contribution in [3.05, 3.63) is 136 Å². The number of pyridine rings is 1. The molecule has 4 aromatic carbocycles. The lowest BCUT2D eigenvalue weighted by atomic mass is 9.59. The molecule has 1 spiro atoms. The third-order valence-electron chi connectivity index (χ3n) is 16.0. The summed E-state index contributed by atoms with van der Waals surface area (Å²) in [5.41, 5.74) is 4.88. The number of H-pyrrole nitrogens is 1. The number of sulfonamides is 1. The van der Waals surface area contributed by atoms with Crippen LogP contribution in [0.5, 0.6) is 17.2 Å². The molecule has 2 aliphatic heterocycles. The molecule has 0 radical (unpaired) electrons. The van der Waals surface area contributed by atoms with Crippen LogP contribution in [-0.2, 0) is 16.6 Å². The van der Waals surface area contributed by atoms with Gasteiger partial charge in [-0.15, -0.1) is 0 Å². The van der Waals surface area contributed by atoms with Gasteiger partial charge in [-0.25, -0.2) is 22.5 Å². The number of piperazine rings is 1. The highest BCUT2D eigenvalue weighted by Crippen LogP contribution is 2.54. The summed E-state index contributed by atoms with van der Waals surface area (Å²) in [7, 11) is -1.05. The standard InChI is InChI=1S/C56H66FN9O8S/c1-35(2)42-8-6-7-9-43(42)50-32-63(31-37-10-14-48(58-4)52(22-37)73-5)20-21-65(50)39-26-56(27-39)33-64(34-56)38-11-13-44(51(23-38)74-40-24-45-46(57)30-61-53(45)60-29-40)54(67)62-75(71,72)41-12-15-47(49(25-41)66(69)70)59-28-36-16-18-55(3,68)19-17-36/h6-15,22-25,29-30,35-36,39,50,58-59,68H,16-21,26-28,31-34H2,1-5H3,(H,60,61)(H,62,67)/t36?,50-,55?/m0/s1. The number of aromatic amines is 1. The zero-order valence-corrected chi connectivity index (χ0v) is 43.9. The topological polar surface area (TPSA) is 208 Å². The number of nitro groups is 1. The first-order valence-electron chi connectivity index (χ1n) is 25.8. The Morgan fingerprint density at radius 2 is 1.76 bits per heavy atom. The summed E-state index contributed by atoms with van der Waals surface area (Å²) >= 11 is 0. The number of benzene rings is 4. The molecule has 2 aromatic heterocycles. The van der Waals surface area contributed by atoms with Gasteiger partial charge >= 0.3 is 0 Å². The number of carbonyl (C=O) groups excluding carboxylic acids is 1. The molecule has 1 atom stereocenters. The Balaban J connectivity index is 0.848. The summed E-state index contributed by atoms with van der Waals surface area (Å²) < 4.78 is 56.5. The number of nitrogens with zero attached hydrogens (tertiary/aromatic N) is 5. The first-order chi connectivity index (χ1) is 35.9. The van der Waals surface area contributed by atoms with Crippen molar-refractivity contribution in [3.8, 4) is 17.2 Å². The van der Waals surface area contributed by atoms with Gasteiger partial charge in [0.05, 0.1) is 45.4 Å². The van der Waals surface area contributed by atoms with Gasteiger partial charge in [0.1, 0.15) is 34.4 Å². The lowest BCUT2D eigenvalue weighted by molar-refractivity contribution is -0.384. The highest BCUT2D eigenvalue weighted by molar-refractivity contribution is 7.90. The number of nitrogens with one attached hydrogen (secondary N) is 4. The highest BCUT2D eigenvalue weighted by atomic mass is 32.2. The zero-order valence-electron chi connectivity index (χ0n) is 43.1. The van der Waals surface area contributed by atoms with Crippen LogP contribution in [0.4, 0.5) is 27.1 Å². The number of nitro benzene ring substituents is 1. The van der Waals surface area contributed by atoms with Gasteiger partial charge in [-0.1, -0.05) is 44.2 Å². The molecular weight excluding hydrogens is 978 g/mol. The Kier molecular flexibility index (Phi) is 14.3. The summed E-state index contributed by atoms with van der Waals surface area (Å²) in [4.78, 5) is 39.7. The molecule has 2 saturated heterocycles. The van der Waals surface area contributed by atoms with Crippen LogP contribution < -0.4 is 29.7 Å². The van der Waals surface area contributed by atoms with E-state index in [9.17, 15) is 32.8 Å². The van der Waals surface area contributed by atoms with Crippen molar-refractivity contribution in [2.45, 2.75) is 94.3 Å². The van der Waals surface area contributed by atoms with E-state index in [2.05, 4.69) is 96.3 Å². The number of fused-ring (bicyclic) bond motifs is 1. The predicted octanol–water partition coefficient (Wildman–Crippen LogP) is 9.58.